The lowest BCUT2D eigenvalue weighted by atomic mass is 10.1. The summed E-state index contributed by atoms with van der Waals surface area (Å²) in [7, 11) is -7.13. The molecular weight excluding hydrogens is 519 g/mol. The van der Waals surface area contributed by atoms with Gasteiger partial charge in [0.25, 0.3) is 10.0 Å². The van der Waals surface area contributed by atoms with Gasteiger partial charge in [-0.15, -0.1) is 0 Å². The molecule has 0 amide bonds. The van der Waals surface area contributed by atoms with Gasteiger partial charge in [-0.3, -0.25) is 0 Å². The van der Waals surface area contributed by atoms with E-state index in [-0.39, 0.29) is 39.8 Å². The summed E-state index contributed by atoms with van der Waals surface area (Å²) in [5.41, 5.74) is 1.78. The number of aromatic nitrogens is 3. The third-order valence-corrected chi connectivity index (χ3v) is 9.47. The molecule has 4 aromatic rings. The maximum Gasteiger partial charge on any atom is 0.268 e. The molecule has 12 heteroatoms. The highest BCUT2D eigenvalue weighted by Gasteiger charge is 2.29. The fraction of sp³-hybridized carbons (Fsp3) is 0.182. The van der Waals surface area contributed by atoms with E-state index in [1.807, 2.05) is 4.90 Å². The van der Waals surface area contributed by atoms with Crippen LogP contribution in [0.1, 0.15) is 0 Å². The van der Waals surface area contributed by atoms with Gasteiger partial charge in [0.05, 0.1) is 44.5 Å². The maximum absolute atomic E-state index is 13.7. The van der Waals surface area contributed by atoms with Crippen molar-refractivity contribution in [3.8, 4) is 11.3 Å². The summed E-state index contributed by atoms with van der Waals surface area (Å²) in [5.74, 6) is -0.00846. The van der Waals surface area contributed by atoms with E-state index in [9.17, 15) is 16.8 Å². The van der Waals surface area contributed by atoms with Crippen molar-refractivity contribution >= 4 is 59.7 Å². The summed E-state index contributed by atoms with van der Waals surface area (Å²) < 4.78 is 52.7. The Labute approximate surface area is 206 Å². The van der Waals surface area contributed by atoms with Crippen molar-refractivity contribution in [3.63, 3.8) is 0 Å². The molecule has 1 fully saturated rings. The molecular formula is C22H18Cl2N4O4S2. The van der Waals surface area contributed by atoms with E-state index < -0.39 is 19.9 Å². The summed E-state index contributed by atoms with van der Waals surface area (Å²) in [6.45, 7) is 0.515. The maximum atomic E-state index is 13.7. The molecule has 2 aromatic carbocycles. The summed E-state index contributed by atoms with van der Waals surface area (Å²) in [6.07, 6.45) is 2.84. The van der Waals surface area contributed by atoms with E-state index in [2.05, 4.69) is 9.97 Å². The second-order valence-electron chi connectivity index (χ2n) is 7.80. The standard InChI is InChI=1S/C22H18Cl2N4O4S2/c23-18-13-25-22(24)26-20(18)17-14-28(34(31,32)15-5-2-1-3-6-15)21-16(17)7-4-8-19(21)27-9-11-33(29,30)12-10-27/h1-8,13-14H,9-12H2. The van der Waals surface area contributed by atoms with Gasteiger partial charge in [-0.2, -0.15) is 0 Å². The minimum Gasteiger partial charge on any atom is -0.368 e. The molecule has 0 atom stereocenters. The van der Waals surface area contributed by atoms with Crippen LogP contribution in [0.2, 0.25) is 10.3 Å². The summed E-state index contributed by atoms with van der Waals surface area (Å²) >= 11 is 12.4. The SMILES string of the molecule is O=S1(=O)CCN(c2cccc3c(-c4nc(Cl)ncc4Cl)cn(S(=O)(=O)c4ccccc4)c23)CC1. The van der Waals surface area contributed by atoms with E-state index in [0.717, 1.165) is 0 Å². The Morgan fingerprint density at radius 1 is 0.941 bits per heavy atom. The van der Waals surface area contributed by atoms with Crippen LogP contribution >= 0.6 is 23.2 Å². The van der Waals surface area contributed by atoms with Crippen molar-refractivity contribution in [1.82, 2.24) is 13.9 Å². The van der Waals surface area contributed by atoms with Crippen molar-refractivity contribution in [3.05, 3.63) is 71.2 Å². The van der Waals surface area contributed by atoms with Crippen molar-refractivity contribution in [2.75, 3.05) is 29.5 Å². The largest absolute Gasteiger partial charge is 0.368 e. The van der Waals surface area contributed by atoms with Gasteiger partial charge < -0.3 is 4.90 Å². The fourth-order valence-corrected chi connectivity index (χ4v) is 6.99. The Bertz CT molecular complexity index is 1610. The number of rotatable bonds is 4. The molecule has 8 nitrogen and oxygen atoms in total. The Morgan fingerprint density at radius 3 is 2.35 bits per heavy atom. The van der Waals surface area contributed by atoms with E-state index >= 15 is 0 Å². The highest BCUT2D eigenvalue weighted by molar-refractivity contribution is 7.91. The van der Waals surface area contributed by atoms with Crippen LogP contribution < -0.4 is 4.90 Å². The first-order chi connectivity index (χ1) is 16.2. The van der Waals surface area contributed by atoms with Crippen LogP contribution in [-0.2, 0) is 19.9 Å². The quantitative estimate of drug-likeness (QED) is 0.364. The lowest BCUT2D eigenvalue weighted by Crippen LogP contribution is -2.40. The normalized spacial score (nSPS) is 16.1. The van der Waals surface area contributed by atoms with Crippen LogP contribution in [0.15, 0.2) is 65.8 Å². The zero-order chi connectivity index (χ0) is 24.1. The Morgan fingerprint density at radius 2 is 1.65 bits per heavy atom. The van der Waals surface area contributed by atoms with Crippen LogP contribution in [0.5, 0.6) is 0 Å². The van der Waals surface area contributed by atoms with Gasteiger partial charge in [0, 0.05) is 30.2 Å². The van der Waals surface area contributed by atoms with Crippen LogP contribution in [0, 0.1) is 0 Å². The van der Waals surface area contributed by atoms with Crippen LogP contribution in [-0.4, -0.2) is 55.4 Å². The third kappa shape index (κ3) is 4.04. The number of fused-ring (bicyclic) bond motifs is 1. The molecule has 0 bridgehead atoms. The molecule has 0 aliphatic carbocycles. The van der Waals surface area contributed by atoms with Crippen LogP contribution in [0.4, 0.5) is 5.69 Å². The number of halogens is 2. The molecule has 5 rings (SSSR count). The van der Waals surface area contributed by atoms with Crippen molar-refractivity contribution in [1.29, 1.82) is 0 Å². The topological polar surface area (TPSA) is 102 Å². The van der Waals surface area contributed by atoms with Gasteiger partial charge in [0.1, 0.15) is 0 Å². The number of hydrogen-bond acceptors (Lipinski definition) is 7. The predicted molar refractivity (Wildman–Crippen MR) is 133 cm³/mol. The first kappa shape index (κ1) is 23.1. The smallest absolute Gasteiger partial charge is 0.268 e. The molecule has 0 saturated carbocycles. The van der Waals surface area contributed by atoms with Gasteiger partial charge in [0.15, 0.2) is 9.84 Å². The molecule has 3 heterocycles. The summed E-state index contributed by atoms with van der Waals surface area (Å²) in [5, 5.41) is 0.778. The van der Waals surface area contributed by atoms with Crippen molar-refractivity contribution in [2.24, 2.45) is 0 Å². The Balaban J connectivity index is 1.81. The van der Waals surface area contributed by atoms with Gasteiger partial charge in [-0.1, -0.05) is 41.9 Å². The molecule has 0 unspecified atom stereocenters. The highest BCUT2D eigenvalue weighted by Crippen LogP contribution is 2.40. The second kappa shape index (κ2) is 8.53. The number of anilines is 1. The predicted octanol–water partition coefficient (Wildman–Crippen LogP) is 3.88. The molecule has 1 aliphatic rings. The average molecular weight is 537 g/mol. The van der Waals surface area contributed by atoms with Gasteiger partial charge in [-0.05, 0) is 29.8 Å². The number of hydrogen-bond donors (Lipinski definition) is 0. The number of nitrogens with zero attached hydrogens (tertiary/aromatic N) is 4. The van der Waals surface area contributed by atoms with Crippen LogP contribution in [0.25, 0.3) is 22.2 Å². The minimum atomic E-state index is -4.01. The van der Waals surface area contributed by atoms with Crippen molar-refractivity contribution in [2.45, 2.75) is 4.90 Å². The summed E-state index contributed by atoms with van der Waals surface area (Å²) in [4.78, 5) is 10.1. The molecule has 0 spiro atoms. The monoisotopic (exact) mass is 536 g/mol. The van der Waals surface area contributed by atoms with E-state index in [0.29, 0.717) is 27.8 Å². The summed E-state index contributed by atoms with van der Waals surface area (Å²) in [6, 6.07) is 13.4. The molecule has 0 radical (unpaired) electrons. The zero-order valence-electron chi connectivity index (χ0n) is 17.6. The molecule has 2 aromatic heterocycles. The zero-order valence-corrected chi connectivity index (χ0v) is 20.7. The average Bonchev–Trinajstić information content (AvgIpc) is 3.22. The van der Waals surface area contributed by atoms with E-state index in [1.54, 1.807) is 36.4 Å². The fourth-order valence-electron chi connectivity index (χ4n) is 4.06. The van der Waals surface area contributed by atoms with E-state index in [4.69, 9.17) is 23.2 Å². The first-order valence-electron chi connectivity index (χ1n) is 10.3. The Kier molecular flexibility index (Phi) is 5.79. The molecule has 176 valence electrons. The second-order valence-corrected chi connectivity index (χ2v) is 12.7. The molecule has 1 saturated heterocycles. The third-order valence-electron chi connectivity index (χ3n) is 5.73. The highest BCUT2D eigenvalue weighted by atomic mass is 35.5. The molecule has 0 N–H and O–H groups in total. The van der Waals surface area contributed by atoms with Gasteiger partial charge in [0.2, 0.25) is 5.28 Å². The molecule has 34 heavy (non-hydrogen) atoms. The lowest BCUT2D eigenvalue weighted by Gasteiger charge is -2.29. The molecule has 1 aliphatic heterocycles. The number of para-hydroxylation sites is 1. The minimum absolute atomic E-state index is 0.00423. The lowest BCUT2D eigenvalue weighted by molar-refractivity contribution is 0.585. The Hall–Kier alpha value is -2.66. The first-order valence-corrected chi connectivity index (χ1v) is 14.3. The number of benzene rings is 2. The van der Waals surface area contributed by atoms with Gasteiger partial charge >= 0.3 is 0 Å². The van der Waals surface area contributed by atoms with Crippen LogP contribution in [0.3, 0.4) is 0 Å². The number of sulfone groups is 1. The van der Waals surface area contributed by atoms with Gasteiger partial charge in [-0.25, -0.2) is 30.8 Å². The van der Waals surface area contributed by atoms with E-state index in [1.165, 1.54) is 28.5 Å². The van der Waals surface area contributed by atoms with Crippen molar-refractivity contribution < 1.29 is 16.8 Å².